The molecule has 1 nitrogen and oxygen atoms in total. The minimum absolute atomic E-state index is 0.268. The average molecular weight is 144 g/mol. The van der Waals surface area contributed by atoms with Crippen LogP contribution in [0.15, 0.2) is 0 Å². The molecule has 1 atom stereocenters. The Morgan fingerprint density at radius 2 is 2.00 bits per heavy atom. The van der Waals surface area contributed by atoms with E-state index in [0.29, 0.717) is 0 Å². The normalized spacial score (nSPS) is 24.7. The molecule has 1 fully saturated rings. The zero-order chi connectivity index (χ0) is 6.69. The van der Waals surface area contributed by atoms with Crippen LogP contribution in [0.5, 0.6) is 0 Å². The number of halogens is 1. The van der Waals surface area contributed by atoms with Crippen LogP contribution in [0.4, 0.5) is 0 Å². The highest BCUT2D eigenvalue weighted by atomic mass is 35.5. The Morgan fingerprint density at radius 1 is 1.44 bits per heavy atom. The van der Waals surface area contributed by atoms with E-state index in [1.807, 2.05) is 25.7 Å². The van der Waals surface area contributed by atoms with Crippen LogP contribution in [0.3, 0.4) is 0 Å². The summed E-state index contributed by atoms with van der Waals surface area (Å²) in [4.78, 5) is 0. The molecule has 5 radical (unpaired) electrons. The molecule has 0 aromatic rings. The third kappa shape index (κ3) is 1.84. The maximum atomic E-state index is 9.09. The zero-order valence-corrected chi connectivity index (χ0v) is 5.67. The van der Waals surface area contributed by atoms with E-state index in [-0.39, 0.29) is 5.88 Å². The number of hydrogen-bond acceptors (Lipinski definition) is 1. The van der Waals surface area contributed by atoms with Crippen molar-refractivity contribution in [3.05, 3.63) is 31.6 Å². The summed E-state index contributed by atoms with van der Waals surface area (Å²) in [6, 6.07) is 0. The van der Waals surface area contributed by atoms with Gasteiger partial charge in [-0.05, 0) is 25.7 Å². The fourth-order valence-corrected chi connectivity index (χ4v) is 0.878. The van der Waals surface area contributed by atoms with Crippen LogP contribution in [-0.4, -0.2) is 17.1 Å². The maximum Gasteiger partial charge on any atom is 0.0743 e. The van der Waals surface area contributed by atoms with Crippen molar-refractivity contribution in [1.82, 2.24) is 0 Å². The van der Waals surface area contributed by atoms with Crippen molar-refractivity contribution in [2.24, 2.45) is 0 Å². The predicted molar refractivity (Wildman–Crippen MR) is 37.2 cm³/mol. The van der Waals surface area contributed by atoms with Gasteiger partial charge in [-0.1, -0.05) is 0 Å². The first kappa shape index (κ1) is 7.36. The predicted octanol–water partition coefficient (Wildman–Crippen LogP) is 0.991. The van der Waals surface area contributed by atoms with Crippen molar-refractivity contribution in [1.29, 1.82) is 0 Å². The van der Waals surface area contributed by atoms with E-state index in [1.165, 1.54) is 0 Å². The minimum atomic E-state index is -0.498. The summed E-state index contributed by atoms with van der Waals surface area (Å²) in [5, 5.41) is 9.09. The van der Waals surface area contributed by atoms with Crippen molar-refractivity contribution < 1.29 is 5.11 Å². The van der Waals surface area contributed by atoms with Crippen LogP contribution in [0.1, 0.15) is 0 Å². The van der Waals surface area contributed by atoms with Crippen LogP contribution < -0.4 is 0 Å². The van der Waals surface area contributed by atoms with Crippen molar-refractivity contribution in [2.75, 3.05) is 5.88 Å². The van der Waals surface area contributed by atoms with Gasteiger partial charge in [-0.3, -0.25) is 0 Å². The Bertz CT molecular complexity index is 79.0. The maximum absolute atomic E-state index is 9.09. The lowest BCUT2D eigenvalue weighted by molar-refractivity contribution is 0.220. The largest absolute Gasteiger partial charge is 0.391 e. The fourth-order valence-electron chi connectivity index (χ4n) is 0.700. The lowest BCUT2D eigenvalue weighted by atomic mass is 10.0. The molecule has 9 heavy (non-hydrogen) atoms. The van der Waals surface area contributed by atoms with Crippen LogP contribution in [0, 0.1) is 31.6 Å². The smallest absolute Gasteiger partial charge is 0.0743 e. The van der Waals surface area contributed by atoms with Crippen molar-refractivity contribution >= 4 is 11.6 Å². The molecular formula is C7H8ClO. The molecule has 0 aliphatic heterocycles. The number of aliphatic hydroxyl groups excluding tert-OH is 1. The van der Waals surface area contributed by atoms with Gasteiger partial charge in [0.05, 0.1) is 6.10 Å². The lowest BCUT2D eigenvalue weighted by Gasteiger charge is -2.11. The topological polar surface area (TPSA) is 20.2 Å². The Labute approximate surface area is 61.0 Å². The molecular weight excluding hydrogens is 136 g/mol. The van der Waals surface area contributed by atoms with E-state index in [0.717, 1.165) is 5.92 Å². The Morgan fingerprint density at radius 3 is 2.44 bits per heavy atom. The first-order chi connectivity index (χ1) is 4.34. The molecule has 1 aliphatic carbocycles. The molecule has 1 aliphatic rings. The van der Waals surface area contributed by atoms with E-state index < -0.39 is 6.10 Å². The van der Waals surface area contributed by atoms with Crippen LogP contribution in [0.2, 0.25) is 0 Å². The Hall–Kier alpha value is 0.250. The van der Waals surface area contributed by atoms with Gasteiger partial charge in [0.25, 0.3) is 0 Å². The molecule has 0 spiro atoms. The Balaban J connectivity index is 2.24. The summed E-state index contributed by atoms with van der Waals surface area (Å²) >= 11 is 5.39. The quantitative estimate of drug-likeness (QED) is 0.572. The molecule has 0 heterocycles. The van der Waals surface area contributed by atoms with Gasteiger partial charge in [-0.25, -0.2) is 0 Å². The molecule has 49 valence electrons. The second kappa shape index (κ2) is 3.43. The molecule has 0 saturated heterocycles. The SMILES string of the molecule is O[C@H](CCl)[C]1[CH][CH][CH][CH]1. The molecule has 0 amide bonds. The van der Waals surface area contributed by atoms with Crippen LogP contribution >= 0.6 is 11.6 Å². The van der Waals surface area contributed by atoms with E-state index in [4.69, 9.17) is 16.7 Å². The summed E-state index contributed by atoms with van der Waals surface area (Å²) in [6.45, 7) is 0. The summed E-state index contributed by atoms with van der Waals surface area (Å²) in [5.41, 5.74) is 0. The monoisotopic (exact) mass is 143 g/mol. The molecule has 1 saturated carbocycles. The van der Waals surface area contributed by atoms with E-state index in [1.54, 1.807) is 0 Å². The minimum Gasteiger partial charge on any atom is -0.391 e. The molecule has 0 unspecified atom stereocenters. The average Bonchev–Trinajstić information content (AvgIpc) is 2.37. The molecule has 0 aromatic heterocycles. The molecule has 0 aromatic carbocycles. The zero-order valence-electron chi connectivity index (χ0n) is 4.92. The number of aliphatic hydroxyl groups is 1. The van der Waals surface area contributed by atoms with Gasteiger partial charge >= 0.3 is 0 Å². The van der Waals surface area contributed by atoms with Gasteiger partial charge in [0.2, 0.25) is 0 Å². The summed E-state index contributed by atoms with van der Waals surface area (Å²) in [5.74, 6) is 1.16. The highest BCUT2D eigenvalue weighted by Crippen LogP contribution is 2.26. The molecule has 2 heteroatoms. The summed E-state index contributed by atoms with van der Waals surface area (Å²) < 4.78 is 0. The van der Waals surface area contributed by atoms with E-state index >= 15 is 0 Å². The second-order valence-electron chi connectivity index (χ2n) is 1.89. The summed E-state index contributed by atoms with van der Waals surface area (Å²) in [7, 11) is 0. The van der Waals surface area contributed by atoms with Crippen LogP contribution in [-0.2, 0) is 0 Å². The third-order valence-electron chi connectivity index (χ3n) is 1.22. The first-order valence-electron chi connectivity index (χ1n) is 2.80. The molecule has 1 rings (SSSR count). The molecule has 0 bridgehead atoms. The van der Waals surface area contributed by atoms with Gasteiger partial charge in [0, 0.05) is 11.8 Å². The number of hydrogen-bond donors (Lipinski definition) is 1. The van der Waals surface area contributed by atoms with Gasteiger partial charge in [0.1, 0.15) is 0 Å². The van der Waals surface area contributed by atoms with Gasteiger partial charge < -0.3 is 5.11 Å². The van der Waals surface area contributed by atoms with E-state index in [2.05, 4.69) is 0 Å². The van der Waals surface area contributed by atoms with Gasteiger partial charge in [-0.15, -0.1) is 11.6 Å². The number of alkyl halides is 1. The Kier molecular flexibility index (Phi) is 2.80. The van der Waals surface area contributed by atoms with Gasteiger partial charge in [-0.2, -0.15) is 0 Å². The highest BCUT2D eigenvalue weighted by molar-refractivity contribution is 6.18. The summed E-state index contributed by atoms with van der Waals surface area (Å²) in [6.07, 6.45) is 6.97. The molecule has 1 N–H and O–H groups in total. The van der Waals surface area contributed by atoms with Crippen molar-refractivity contribution in [3.8, 4) is 0 Å². The van der Waals surface area contributed by atoms with E-state index in [9.17, 15) is 0 Å². The van der Waals surface area contributed by atoms with Crippen molar-refractivity contribution in [2.45, 2.75) is 6.10 Å². The van der Waals surface area contributed by atoms with Crippen LogP contribution in [0.25, 0.3) is 0 Å². The standard InChI is InChI=1S/C7H8ClO/c8-5-7(9)6-3-1-2-4-6/h1-4,7,9H,5H2/t7-/m1/s1. The third-order valence-corrected chi connectivity index (χ3v) is 1.51. The van der Waals surface area contributed by atoms with Crippen molar-refractivity contribution in [3.63, 3.8) is 0 Å². The highest BCUT2D eigenvalue weighted by Gasteiger charge is 2.23. The first-order valence-corrected chi connectivity index (χ1v) is 3.33. The van der Waals surface area contributed by atoms with Gasteiger partial charge in [0.15, 0.2) is 0 Å². The lowest BCUT2D eigenvalue weighted by Crippen LogP contribution is -2.17. The fraction of sp³-hybridized carbons (Fsp3) is 0.286. The number of rotatable bonds is 2. The second-order valence-corrected chi connectivity index (χ2v) is 2.20.